The van der Waals surface area contributed by atoms with E-state index >= 15 is 0 Å². The molecule has 198 valence electrons. The van der Waals surface area contributed by atoms with Gasteiger partial charge in [0.2, 0.25) is 0 Å². The van der Waals surface area contributed by atoms with Crippen molar-refractivity contribution in [2.75, 3.05) is 38.2 Å². The largest absolute Gasteiger partial charge is 0.478 e. The molecule has 0 amide bonds. The molecule has 38 heavy (non-hydrogen) atoms. The van der Waals surface area contributed by atoms with Crippen LogP contribution in [0.3, 0.4) is 0 Å². The molecule has 1 fully saturated rings. The summed E-state index contributed by atoms with van der Waals surface area (Å²) in [7, 11) is 1.65. The van der Waals surface area contributed by atoms with Gasteiger partial charge in [-0.15, -0.1) is 0 Å². The summed E-state index contributed by atoms with van der Waals surface area (Å²) in [5.41, 5.74) is 4.98. The van der Waals surface area contributed by atoms with Gasteiger partial charge in [-0.1, -0.05) is 36.4 Å². The maximum absolute atomic E-state index is 11.5. The van der Waals surface area contributed by atoms with Crippen molar-refractivity contribution in [3.8, 4) is 5.69 Å². The molecule has 1 saturated heterocycles. The monoisotopic (exact) mass is 514 g/mol. The highest BCUT2D eigenvalue weighted by Gasteiger charge is 2.23. The lowest BCUT2D eigenvalue weighted by Crippen LogP contribution is -2.50. The molecule has 0 aliphatic carbocycles. The summed E-state index contributed by atoms with van der Waals surface area (Å²) in [5, 5.41) is 9.43. The Morgan fingerprint density at radius 2 is 1.68 bits per heavy atom. The van der Waals surface area contributed by atoms with Crippen LogP contribution in [0.15, 0.2) is 72.8 Å². The average molecular weight is 515 g/mol. The van der Waals surface area contributed by atoms with Crippen LogP contribution in [0.1, 0.15) is 41.7 Å². The van der Waals surface area contributed by atoms with Crippen LogP contribution in [-0.4, -0.2) is 65.0 Å². The molecule has 0 saturated carbocycles. The second kappa shape index (κ2) is 11.3. The number of aromatic carboxylic acids is 1. The highest BCUT2D eigenvalue weighted by molar-refractivity contribution is 5.93. The fourth-order valence-corrected chi connectivity index (χ4v) is 4.95. The number of carbonyl (C=O) groups is 1. The molecule has 2 atom stereocenters. The molecule has 2 unspecified atom stereocenters. The zero-order chi connectivity index (χ0) is 26.6. The van der Waals surface area contributed by atoms with Crippen molar-refractivity contribution in [3.05, 3.63) is 89.7 Å². The minimum absolute atomic E-state index is 0.0507. The van der Waals surface area contributed by atoms with Crippen LogP contribution >= 0.6 is 0 Å². The van der Waals surface area contributed by atoms with Gasteiger partial charge in [-0.05, 0) is 55.8 Å². The number of rotatable bonds is 9. The summed E-state index contributed by atoms with van der Waals surface area (Å²) in [6.45, 7) is 8.31. The Morgan fingerprint density at radius 1 is 0.947 bits per heavy atom. The maximum Gasteiger partial charge on any atom is 0.335 e. The third-order valence-corrected chi connectivity index (χ3v) is 7.26. The highest BCUT2D eigenvalue weighted by Crippen LogP contribution is 2.30. The van der Waals surface area contributed by atoms with E-state index in [0.717, 1.165) is 48.9 Å². The predicted octanol–water partition coefficient (Wildman–Crippen LogP) is 5.12. The molecule has 0 radical (unpaired) electrons. The normalized spacial score (nSPS) is 16.0. The Labute approximate surface area is 223 Å². The number of carboxylic acid groups (broad SMARTS) is 1. The number of benzene rings is 3. The van der Waals surface area contributed by atoms with Gasteiger partial charge < -0.3 is 19.5 Å². The minimum atomic E-state index is -0.969. The van der Waals surface area contributed by atoms with Crippen LogP contribution < -0.4 is 4.90 Å². The average Bonchev–Trinajstić information content (AvgIpc) is 3.35. The number of ether oxygens (including phenoxy) is 2. The van der Waals surface area contributed by atoms with E-state index in [1.807, 2.05) is 31.2 Å². The van der Waals surface area contributed by atoms with Gasteiger partial charge in [-0.3, -0.25) is 9.47 Å². The predicted molar refractivity (Wildman–Crippen MR) is 148 cm³/mol. The number of imidazole rings is 1. The summed E-state index contributed by atoms with van der Waals surface area (Å²) in [4.78, 5) is 21.0. The Hall–Kier alpha value is -3.72. The number of fused-ring (bicyclic) bond motifs is 1. The van der Waals surface area contributed by atoms with Gasteiger partial charge in [-0.25, -0.2) is 9.78 Å². The summed E-state index contributed by atoms with van der Waals surface area (Å²) in [6, 6.07) is 23.7. The summed E-state index contributed by atoms with van der Waals surface area (Å²) in [5.74, 6) is -0.236. The molecular formula is C30H34N4O4. The fraction of sp³-hybridized carbons (Fsp3) is 0.333. The van der Waals surface area contributed by atoms with E-state index in [1.54, 1.807) is 19.2 Å². The number of hydrogen-bond acceptors (Lipinski definition) is 6. The molecule has 0 bridgehead atoms. The summed E-state index contributed by atoms with van der Waals surface area (Å²) < 4.78 is 13.8. The van der Waals surface area contributed by atoms with E-state index in [4.69, 9.17) is 14.5 Å². The van der Waals surface area contributed by atoms with Crippen LogP contribution in [0.25, 0.3) is 16.7 Å². The molecule has 1 aromatic heterocycles. The third kappa shape index (κ3) is 5.43. The molecule has 1 N–H and O–H groups in total. The molecule has 5 rings (SSSR count). The number of anilines is 1. The van der Waals surface area contributed by atoms with Gasteiger partial charge in [0.05, 0.1) is 23.2 Å². The lowest BCUT2D eigenvalue weighted by atomic mass is 10.2. The summed E-state index contributed by atoms with van der Waals surface area (Å²) in [6.07, 6.45) is -0.213. The Morgan fingerprint density at radius 3 is 2.39 bits per heavy atom. The number of methoxy groups -OCH3 is 1. The first-order valence-electron chi connectivity index (χ1n) is 13.0. The van der Waals surface area contributed by atoms with Gasteiger partial charge in [0.25, 0.3) is 0 Å². The smallest absolute Gasteiger partial charge is 0.335 e. The van der Waals surface area contributed by atoms with Crippen LogP contribution in [-0.2, 0) is 16.1 Å². The molecule has 1 aliphatic rings. The fourth-order valence-electron chi connectivity index (χ4n) is 4.95. The van der Waals surface area contributed by atoms with Crippen molar-refractivity contribution in [3.63, 3.8) is 0 Å². The molecule has 0 spiro atoms. The summed E-state index contributed by atoms with van der Waals surface area (Å²) >= 11 is 0. The topological polar surface area (TPSA) is 80.1 Å². The molecular weight excluding hydrogens is 480 g/mol. The molecule has 4 aromatic rings. The quantitative estimate of drug-likeness (QED) is 0.332. The van der Waals surface area contributed by atoms with Gasteiger partial charge in [0, 0.05) is 44.7 Å². The number of hydrogen-bond donors (Lipinski definition) is 1. The maximum atomic E-state index is 11.5. The van der Waals surface area contributed by atoms with Crippen molar-refractivity contribution in [2.45, 2.75) is 32.8 Å². The zero-order valence-corrected chi connectivity index (χ0v) is 22.1. The minimum Gasteiger partial charge on any atom is -0.478 e. The van der Waals surface area contributed by atoms with E-state index in [9.17, 15) is 9.90 Å². The molecule has 2 heterocycles. The number of aromatic nitrogens is 2. The first-order valence-corrected chi connectivity index (χ1v) is 13.0. The van der Waals surface area contributed by atoms with Crippen molar-refractivity contribution >= 4 is 22.7 Å². The molecule has 3 aromatic carbocycles. The van der Waals surface area contributed by atoms with E-state index in [1.165, 1.54) is 5.56 Å². The van der Waals surface area contributed by atoms with Crippen LogP contribution in [0.2, 0.25) is 0 Å². The van der Waals surface area contributed by atoms with Crippen molar-refractivity contribution in [2.24, 2.45) is 0 Å². The zero-order valence-electron chi connectivity index (χ0n) is 22.1. The second-order valence-corrected chi connectivity index (χ2v) is 9.63. The second-order valence-electron chi connectivity index (χ2n) is 9.63. The SMILES string of the molecule is COC(C)c1nc2cc(C(=O)O)ccc2n1-c1cccc(N2CCN(C(C)OCc3ccccc3)CC2)c1. The van der Waals surface area contributed by atoms with Crippen LogP contribution in [0.4, 0.5) is 5.69 Å². The van der Waals surface area contributed by atoms with E-state index in [-0.39, 0.29) is 17.9 Å². The van der Waals surface area contributed by atoms with E-state index in [0.29, 0.717) is 12.1 Å². The standard InChI is InChI=1S/C30H34N4O4/c1-21(37-3)29-31-27-18-24(30(35)36)12-13-28(27)34(29)26-11-7-10-25(19-26)33-16-14-32(15-17-33)22(2)38-20-23-8-5-4-6-9-23/h4-13,18-19,21-22H,14-17,20H2,1-3H3,(H,35,36). The Kier molecular flexibility index (Phi) is 7.74. The third-order valence-electron chi connectivity index (χ3n) is 7.26. The number of piperazine rings is 1. The molecule has 1 aliphatic heterocycles. The Balaban J connectivity index is 1.33. The number of nitrogens with zero attached hydrogens (tertiary/aromatic N) is 4. The first kappa shape index (κ1) is 25.9. The van der Waals surface area contributed by atoms with Crippen molar-refractivity contribution < 1.29 is 19.4 Å². The molecule has 8 heteroatoms. The van der Waals surface area contributed by atoms with E-state index in [2.05, 4.69) is 57.7 Å². The van der Waals surface area contributed by atoms with Gasteiger partial charge >= 0.3 is 5.97 Å². The van der Waals surface area contributed by atoms with E-state index < -0.39 is 5.97 Å². The highest BCUT2D eigenvalue weighted by atomic mass is 16.5. The van der Waals surface area contributed by atoms with Crippen LogP contribution in [0.5, 0.6) is 0 Å². The van der Waals surface area contributed by atoms with Gasteiger partial charge in [0.1, 0.15) is 18.2 Å². The Bertz CT molecular complexity index is 1400. The first-order chi connectivity index (χ1) is 18.4. The molecule has 8 nitrogen and oxygen atoms in total. The van der Waals surface area contributed by atoms with Crippen molar-refractivity contribution in [1.29, 1.82) is 0 Å². The van der Waals surface area contributed by atoms with Crippen LogP contribution in [0, 0.1) is 0 Å². The number of carboxylic acids is 1. The lowest BCUT2D eigenvalue weighted by molar-refractivity contribution is -0.0584. The lowest BCUT2D eigenvalue weighted by Gasteiger charge is -2.39. The van der Waals surface area contributed by atoms with Crippen molar-refractivity contribution in [1.82, 2.24) is 14.5 Å². The van der Waals surface area contributed by atoms with Gasteiger partial charge in [-0.2, -0.15) is 0 Å². The van der Waals surface area contributed by atoms with Gasteiger partial charge in [0.15, 0.2) is 0 Å².